The van der Waals surface area contributed by atoms with Crippen molar-refractivity contribution in [3.05, 3.63) is 63.0 Å². The third-order valence-electron chi connectivity index (χ3n) is 3.41. The summed E-state index contributed by atoms with van der Waals surface area (Å²) in [5.74, 6) is -2.34. The number of imide groups is 1. The molecule has 2 amide bonds. The van der Waals surface area contributed by atoms with E-state index in [-0.39, 0.29) is 10.7 Å². The molecular weight excluding hydrogens is 391 g/mol. The van der Waals surface area contributed by atoms with Crippen LogP contribution in [0, 0.1) is 12.7 Å². The summed E-state index contributed by atoms with van der Waals surface area (Å²) in [7, 11) is 0. The third kappa shape index (κ3) is 4.63. The lowest BCUT2D eigenvalue weighted by Crippen LogP contribution is -2.33. The molecule has 1 N–H and O–H groups in total. The molecule has 0 aliphatic carbocycles. The minimum atomic E-state index is -0.720. The van der Waals surface area contributed by atoms with E-state index in [1.54, 1.807) is 36.6 Å². The maximum absolute atomic E-state index is 13.0. The van der Waals surface area contributed by atoms with E-state index in [1.807, 2.05) is 0 Å². The molecule has 0 bridgehead atoms. The predicted molar refractivity (Wildman–Crippen MR) is 99.3 cm³/mol. The van der Waals surface area contributed by atoms with Gasteiger partial charge in [-0.25, -0.2) is 14.2 Å². The molecule has 0 saturated heterocycles. The van der Waals surface area contributed by atoms with Gasteiger partial charge in [-0.05, 0) is 42.6 Å². The Morgan fingerprint density at radius 2 is 1.93 bits per heavy atom. The highest BCUT2D eigenvalue weighted by Crippen LogP contribution is 2.28. The van der Waals surface area contributed by atoms with E-state index in [0.29, 0.717) is 21.1 Å². The first-order valence-corrected chi connectivity index (χ1v) is 9.42. The van der Waals surface area contributed by atoms with Crippen LogP contribution in [0.2, 0.25) is 0 Å². The number of carbonyl (C=O) groups excluding carboxylic acids is 3. The number of amides is 2. The molecule has 0 atom stereocenters. The lowest BCUT2D eigenvalue weighted by Gasteiger charge is -2.04. The van der Waals surface area contributed by atoms with Crippen LogP contribution in [0.3, 0.4) is 0 Å². The van der Waals surface area contributed by atoms with Crippen LogP contribution in [0.25, 0.3) is 10.6 Å². The summed E-state index contributed by atoms with van der Waals surface area (Å²) in [5, 5.41) is 4.40. The monoisotopic (exact) mass is 404 g/mol. The van der Waals surface area contributed by atoms with Gasteiger partial charge in [0.25, 0.3) is 11.8 Å². The zero-order valence-corrected chi connectivity index (χ0v) is 15.7. The van der Waals surface area contributed by atoms with Crippen LogP contribution in [0.1, 0.15) is 25.0 Å². The second kappa shape index (κ2) is 8.19. The fourth-order valence-corrected chi connectivity index (χ4v) is 3.71. The zero-order valence-electron chi connectivity index (χ0n) is 14.0. The Morgan fingerprint density at radius 3 is 2.59 bits per heavy atom. The molecule has 1 aromatic carbocycles. The molecule has 3 rings (SSSR count). The summed E-state index contributed by atoms with van der Waals surface area (Å²) >= 11 is 2.28. The van der Waals surface area contributed by atoms with E-state index in [9.17, 15) is 18.8 Å². The number of rotatable bonds is 5. The summed E-state index contributed by atoms with van der Waals surface area (Å²) in [6.45, 7) is 1.06. The van der Waals surface area contributed by atoms with Gasteiger partial charge in [-0.15, -0.1) is 22.7 Å². The maximum atomic E-state index is 13.0. The number of halogens is 1. The zero-order chi connectivity index (χ0) is 19.4. The van der Waals surface area contributed by atoms with Gasteiger partial charge in [-0.3, -0.25) is 14.9 Å². The van der Waals surface area contributed by atoms with E-state index in [2.05, 4.69) is 10.3 Å². The number of thiophene rings is 1. The number of nitrogens with one attached hydrogen (secondary N) is 1. The maximum Gasteiger partial charge on any atom is 0.350 e. The van der Waals surface area contributed by atoms with Crippen molar-refractivity contribution in [2.45, 2.75) is 6.92 Å². The normalized spacial score (nSPS) is 10.4. The van der Waals surface area contributed by atoms with Crippen molar-refractivity contribution in [2.24, 2.45) is 0 Å². The Balaban J connectivity index is 1.60. The summed E-state index contributed by atoms with van der Waals surface area (Å²) in [4.78, 5) is 40.7. The largest absolute Gasteiger partial charge is 0.451 e. The topological polar surface area (TPSA) is 85.4 Å². The molecule has 138 valence electrons. The molecule has 0 aliphatic heterocycles. The Bertz CT molecular complexity index is 981. The average molecular weight is 404 g/mol. The highest BCUT2D eigenvalue weighted by atomic mass is 32.1. The molecule has 0 spiro atoms. The van der Waals surface area contributed by atoms with Gasteiger partial charge < -0.3 is 4.74 Å². The summed E-state index contributed by atoms with van der Waals surface area (Å²) in [6.07, 6.45) is 0. The summed E-state index contributed by atoms with van der Waals surface area (Å²) in [6, 6.07) is 9.00. The highest BCUT2D eigenvalue weighted by molar-refractivity contribution is 7.17. The molecule has 27 heavy (non-hydrogen) atoms. The van der Waals surface area contributed by atoms with E-state index >= 15 is 0 Å². The van der Waals surface area contributed by atoms with Crippen LogP contribution in [0.5, 0.6) is 0 Å². The van der Waals surface area contributed by atoms with Crippen LogP contribution in [-0.4, -0.2) is 29.4 Å². The third-order valence-corrected chi connectivity index (χ3v) is 5.46. The number of hydrogen-bond acceptors (Lipinski definition) is 7. The number of nitrogens with zero attached hydrogens (tertiary/aromatic N) is 1. The van der Waals surface area contributed by atoms with Crippen LogP contribution < -0.4 is 5.32 Å². The molecule has 3 aromatic rings. The Labute approximate surface area is 161 Å². The van der Waals surface area contributed by atoms with Gasteiger partial charge in [0.1, 0.15) is 15.7 Å². The van der Waals surface area contributed by atoms with Gasteiger partial charge in [0, 0.05) is 5.56 Å². The number of hydrogen-bond donors (Lipinski definition) is 1. The van der Waals surface area contributed by atoms with Gasteiger partial charge in [-0.1, -0.05) is 6.07 Å². The van der Waals surface area contributed by atoms with Gasteiger partial charge in [-0.2, -0.15) is 0 Å². The molecule has 2 aromatic heterocycles. The average Bonchev–Trinajstić information content (AvgIpc) is 3.30. The molecule has 0 radical (unpaired) electrons. The quantitative estimate of drug-likeness (QED) is 0.659. The van der Waals surface area contributed by atoms with E-state index < -0.39 is 24.4 Å². The van der Waals surface area contributed by atoms with Crippen molar-refractivity contribution in [3.8, 4) is 10.6 Å². The van der Waals surface area contributed by atoms with Crippen molar-refractivity contribution in [3.63, 3.8) is 0 Å². The lowest BCUT2D eigenvalue weighted by atomic mass is 10.2. The van der Waals surface area contributed by atoms with Crippen molar-refractivity contribution in [1.29, 1.82) is 0 Å². The molecule has 2 heterocycles. The van der Waals surface area contributed by atoms with Gasteiger partial charge >= 0.3 is 5.97 Å². The number of benzene rings is 1. The SMILES string of the molecule is Cc1nc(-c2ccc(F)cc2)sc1C(=O)OCC(=O)NC(=O)c1cccs1. The summed E-state index contributed by atoms with van der Waals surface area (Å²) in [5.41, 5.74) is 1.11. The minimum Gasteiger partial charge on any atom is -0.451 e. The van der Waals surface area contributed by atoms with Crippen LogP contribution in [0.15, 0.2) is 41.8 Å². The van der Waals surface area contributed by atoms with Crippen molar-refractivity contribution in [2.75, 3.05) is 6.61 Å². The standard InChI is InChI=1S/C18H13FN2O4S2/c1-10-15(27-17(20-10)11-4-6-12(19)7-5-11)18(24)25-9-14(22)21-16(23)13-3-2-8-26-13/h2-8H,9H2,1H3,(H,21,22,23). The van der Waals surface area contributed by atoms with E-state index in [4.69, 9.17) is 4.74 Å². The Hall–Kier alpha value is -2.91. The van der Waals surface area contributed by atoms with Gasteiger partial charge in [0.2, 0.25) is 0 Å². The second-order valence-corrected chi connectivity index (χ2v) is 7.32. The summed E-state index contributed by atoms with van der Waals surface area (Å²) < 4.78 is 18.0. The highest BCUT2D eigenvalue weighted by Gasteiger charge is 2.19. The Morgan fingerprint density at radius 1 is 1.19 bits per heavy atom. The minimum absolute atomic E-state index is 0.242. The second-order valence-electron chi connectivity index (χ2n) is 5.37. The van der Waals surface area contributed by atoms with Crippen LogP contribution in [0.4, 0.5) is 4.39 Å². The van der Waals surface area contributed by atoms with Crippen molar-refractivity contribution < 1.29 is 23.5 Å². The molecule has 9 heteroatoms. The first-order chi connectivity index (χ1) is 12.9. The number of esters is 1. The van der Waals surface area contributed by atoms with E-state index in [1.165, 1.54) is 23.5 Å². The molecule has 6 nitrogen and oxygen atoms in total. The van der Waals surface area contributed by atoms with Crippen molar-refractivity contribution >= 4 is 40.5 Å². The molecule has 0 unspecified atom stereocenters. The predicted octanol–water partition coefficient (Wildman–Crippen LogP) is 3.43. The first kappa shape index (κ1) is 18.9. The molecule has 0 fully saturated rings. The van der Waals surface area contributed by atoms with E-state index in [0.717, 1.165) is 11.3 Å². The number of carbonyl (C=O) groups is 3. The van der Waals surface area contributed by atoms with Gasteiger partial charge in [0.05, 0.1) is 10.6 Å². The van der Waals surface area contributed by atoms with Crippen molar-refractivity contribution in [1.82, 2.24) is 10.3 Å². The molecule has 0 saturated carbocycles. The number of thiazole rings is 1. The fourth-order valence-electron chi connectivity index (χ4n) is 2.13. The Kier molecular flexibility index (Phi) is 5.72. The fraction of sp³-hybridized carbons (Fsp3) is 0.111. The number of aromatic nitrogens is 1. The van der Waals surface area contributed by atoms with Crippen LogP contribution in [-0.2, 0) is 9.53 Å². The molecule has 0 aliphatic rings. The number of aryl methyl sites for hydroxylation is 1. The molecular formula is C18H13FN2O4S2. The first-order valence-electron chi connectivity index (χ1n) is 7.72. The van der Waals surface area contributed by atoms with Gasteiger partial charge in [0.15, 0.2) is 6.61 Å². The smallest absolute Gasteiger partial charge is 0.350 e. The van der Waals surface area contributed by atoms with Crippen LogP contribution >= 0.6 is 22.7 Å². The lowest BCUT2D eigenvalue weighted by molar-refractivity contribution is -0.123. The number of ether oxygens (including phenoxy) is 1.